The van der Waals surface area contributed by atoms with Crippen molar-refractivity contribution in [1.82, 2.24) is 25.1 Å². The third-order valence-corrected chi connectivity index (χ3v) is 3.86. The van der Waals surface area contributed by atoms with E-state index in [-0.39, 0.29) is 18.5 Å². The number of nitrogens with one attached hydrogen (secondary N) is 1. The summed E-state index contributed by atoms with van der Waals surface area (Å²) in [5, 5.41) is 6.21. The summed E-state index contributed by atoms with van der Waals surface area (Å²) in [5.74, 6) is 0.223. The summed E-state index contributed by atoms with van der Waals surface area (Å²) in [5.41, 5.74) is -1.01. The fourth-order valence-electron chi connectivity index (χ4n) is 2.75. The van der Waals surface area contributed by atoms with Gasteiger partial charge in [0.1, 0.15) is 6.54 Å². The molecule has 1 N–H and O–H groups in total. The molecular formula is C15H17F3N6O. The van der Waals surface area contributed by atoms with E-state index in [0.717, 1.165) is 36.3 Å². The van der Waals surface area contributed by atoms with Gasteiger partial charge in [0.2, 0.25) is 11.9 Å². The lowest BCUT2D eigenvalue weighted by molar-refractivity contribution is -0.141. The number of alkyl halides is 3. The lowest BCUT2D eigenvalue weighted by Crippen LogP contribution is -2.49. The minimum absolute atomic E-state index is 0.109. The van der Waals surface area contributed by atoms with Crippen LogP contribution in [0.25, 0.3) is 0 Å². The maximum Gasteiger partial charge on any atom is 0.435 e. The highest BCUT2D eigenvalue weighted by molar-refractivity contribution is 5.76. The summed E-state index contributed by atoms with van der Waals surface area (Å²) in [6.45, 7) is 1.10. The maximum absolute atomic E-state index is 12.5. The third kappa shape index (κ3) is 4.46. The first kappa shape index (κ1) is 17.2. The van der Waals surface area contributed by atoms with Crippen molar-refractivity contribution in [3.63, 3.8) is 0 Å². The Morgan fingerprint density at radius 2 is 2.08 bits per heavy atom. The van der Waals surface area contributed by atoms with Crippen molar-refractivity contribution in [2.45, 2.75) is 31.6 Å². The minimum Gasteiger partial charge on any atom is -0.350 e. The highest BCUT2D eigenvalue weighted by Crippen LogP contribution is 2.27. The number of halogens is 3. The molecule has 134 valence electrons. The standard InChI is InChI=1S/C15H17F3N6O/c16-15(17,18)12-4-8-24(22-12)10-13(25)21-11-3-1-7-23(9-11)14-19-5-2-6-20-14/h2,4-6,8,11H,1,3,7,9-10H2,(H,21,25). The van der Waals surface area contributed by atoms with Crippen LogP contribution in [-0.2, 0) is 17.5 Å². The Balaban J connectivity index is 1.55. The van der Waals surface area contributed by atoms with E-state index in [1.165, 1.54) is 0 Å². The smallest absolute Gasteiger partial charge is 0.350 e. The summed E-state index contributed by atoms with van der Waals surface area (Å²) in [4.78, 5) is 22.4. The molecule has 0 saturated carbocycles. The fourth-order valence-corrected chi connectivity index (χ4v) is 2.75. The molecule has 10 heteroatoms. The van der Waals surface area contributed by atoms with Gasteiger partial charge in [0.25, 0.3) is 0 Å². The lowest BCUT2D eigenvalue weighted by atomic mass is 10.1. The third-order valence-electron chi connectivity index (χ3n) is 3.86. The average molecular weight is 354 g/mol. The molecule has 0 aliphatic carbocycles. The quantitative estimate of drug-likeness (QED) is 0.900. The van der Waals surface area contributed by atoms with E-state index < -0.39 is 11.9 Å². The molecule has 3 rings (SSSR count). The van der Waals surface area contributed by atoms with E-state index in [9.17, 15) is 18.0 Å². The molecule has 1 fully saturated rings. The van der Waals surface area contributed by atoms with Crippen LogP contribution in [0.1, 0.15) is 18.5 Å². The van der Waals surface area contributed by atoms with Crippen LogP contribution < -0.4 is 10.2 Å². The van der Waals surface area contributed by atoms with Gasteiger partial charge in [-0.1, -0.05) is 0 Å². The molecule has 25 heavy (non-hydrogen) atoms. The molecule has 2 aromatic rings. The zero-order valence-corrected chi connectivity index (χ0v) is 13.3. The van der Waals surface area contributed by atoms with Gasteiger partial charge in [-0.2, -0.15) is 18.3 Å². The van der Waals surface area contributed by atoms with Gasteiger partial charge in [-0.15, -0.1) is 0 Å². The molecule has 1 aliphatic rings. The molecule has 1 unspecified atom stereocenters. The van der Waals surface area contributed by atoms with Gasteiger partial charge in [0.15, 0.2) is 5.69 Å². The summed E-state index contributed by atoms with van der Waals surface area (Å²) in [7, 11) is 0. The SMILES string of the molecule is O=C(Cn1ccc(C(F)(F)F)n1)NC1CCCN(c2ncccn2)C1. The number of hydrogen-bond donors (Lipinski definition) is 1. The topological polar surface area (TPSA) is 75.9 Å². The molecule has 3 heterocycles. The number of nitrogens with zero attached hydrogens (tertiary/aromatic N) is 5. The second-order valence-corrected chi connectivity index (χ2v) is 5.80. The van der Waals surface area contributed by atoms with Crippen LogP contribution in [0, 0.1) is 0 Å². The Labute approximate surface area is 141 Å². The zero-order chi connectivity index (χ0) is 17.9. The summed E-state index contributed by atoms with van der Waals surface area (Å²) in [6, 6.07) is 2.47. The molecule has 1 amide bonds. The molecule has 0 spiro atoms. The van der Waals surface area contributed by atoms with Gasteiger partial charge in [-0.3, -0.25) is 9.48 Å². The van der Waals surface area contributed by atoms with Crippen molar-refractivity contribution in [2.24, 2.45) is 0 Å². The Morgan fingerprint density at radius 1 is 1.32 bits per heavy atom. The number of hydrogen-bond acceptors (Lipinski definition) is 5. The first-order valence-electron chi connectivity index (χ1n) is 7.84. The average Bonchev–Trinajstić information content (AvgIpc) is 3.04. The van der Waals surface area contributed by atoms with Gasteiger partial charge >= 0.3 is 6.18 Å². The largest absolute Gasteiger partial charge is 0.435 e. The van der Waals surface area contributed by atoms with Crippen LogP contribution in [-0.4, -0.2) is 44.8 Å². The molecule has 0 radical (unpaired) electrons. The van der Waals surface area contributed by atoms with Crippen LogP contribution in [0.3, 0.4) is 0 Å². The number of amides is 1. The number of rotatable bonds is 4. The molecule has 7 nitrogen and oxygen atoms in total. The van der Waals surface area contributed by atoms with Crippen molar-refractivity contribution in [3.05, 3.63) is 36.4 Å². The van der Waals surface area contributed by atoms with Gasteiger partial charge < -0.3 is 10.2 Å². The summed E-state index contributed by atoms with van der Waals surface area (Å²) in [6.07, 6.45) is 1.60. The predicted molar refractivity (Wildman–Crippen MR) is 82.6 cm³/mol. The van der Waals surface area contributed by atoms with Gasteiger partial charge in [-0.25, -0.2) is 9.97 Å². The number of anilines is 1. The molecule has 1 saturated heterocycles. The molecular weight excluding hydrogens is 337 g/mol. The highest BCUT2D eigenvalue weighted by atomic mass is 19.4. The molecule has 0 aromatic carbocycles. The molecule has 1 atom stereocenters. The number of aromatic nitrogens is 4. The normalized spacial score (nSPS) is 18.2. The van der Waals surface area contributed by atoms with Crippen molar-refractivity contribution >= 4 is 11.9 Å². The Hall–Kier alpha value is -2.65. The van der Waals surface area contributed by atoms with Crippen molar-refractivity contribution in [1.29, 1.82) is 0 Å². The highest BCUT2D eigenvalue weighted by Gasteiger charge is 2.33. The Bertz CT molecular complexity index is 718. The zero-order valence-electron chi connectivity index (χ0n) is 13.3. The van der Waals surface area contributed by atoms with E-state index in [1.807, 2.05) is 4.90 Å². The second kappa shape index (κ2) is 7.08. The van der Waals surface area contributed by atoms with Crippen LogP contribution in [0.2, 0.25) is 0 Å². The number of carbonyl (C=O) groups is 1. The number of piperidine rings is 1. The molecule has 2 aromatic heterocycles. The maximum atomic E-state index is 12.5. The molecule has 0 bridgehead atoms. The van der Waals surface area contributed by atoms with Crippen molar-refractivity contribution < 1.29 is 18.0 Å². The Kier molecular flexibility index (Phi) is 4.86. The van der Waals surface area contributed by atoms with Crippen molar-refractivity contribution in [3.8, 4) is 0 Å². The lowest BCUT2D eigenvalue weighted by Gasteiger charge is -2.33. The first-order chi connectivity index (χ1) is 11.9. The predicted octanol–water partition coefficient (Wildman–Crippen LogP) is 1.48. The first-order valence-corrected chi connectivity index (χ1v) is 7.84. The van der Waals surface area contributed by atoms with E-state index in [0.29, 0.717) is 12.5 Å². The van der Waals surface area contributed by atoms with Crippen LogP contribution in [0.5, 0.6) is 0 Å². The van der Waals surface area contributed by atoms with E-state index >= 15 is 0 Å². The van der Waals surface area contributed by atoms with E-state index in [2.05, 4.69) is 20.4 Å². The van der Waals surface area contributed by atoms with Gasteiger partial charge in [-0.05, 0) is 25.0 Å². The molecule has 1 aliphatic heterocycles. The van der Waals surface area contributed by atoms with Crippen molar-refractivity contribution in [2.75, 3.05) is 18.0 Å². The fraction of sp³-hybridized carbons (Fsp3) is 0.467. The van der Waals surface area contributed by atoms with Crippen LogP contribution in [0.4, 0.5) is 19.1 Å². The van der Waals surface area contributed by atoms with Gasteiger partial charge in [0, 0.05) is 37.7 Å². The summed E-state index contributed by atoms with van der Waals surface area (Å²) >= 11 is 0. The van der Waals surface area contributed by atoms with E-state index in [4.69, 9.17) is 0 Å². The van der Waals surface area contributed by atoms with Crippen LogP contribution in [0.15, 0.2) is 30.7 Å². The Morgan fingerprint density at radius 3 is 2.76 bits per heavy atom. The van der Waals surface area contributed by atoms with Crippen LogP contribution >= 0.6 is 0 Å². The summed E-state index contributed by atoms with van der Waals surface area (Å²) < 4.78 is 38.6. The van der Waals surface area contributed by atoms with E-state index in [1.54, 1.807) is 18.5 Å². The minimum atomic E-state index is -4.51. The van der Waals surface area contributed by atoms with Gasteiger partial charge in [0.05, 0.1) is 0 Å². The second-order valence-electron chi connectivity index (χ2n) is 5.80. The monoisotopic (exact) mass is 354 g/mol. The number of carbonyl (C=O) groups excluding carboxylic acids is 1.